The fraction of sp³-hybridized carbons (Fsp3) is 0.591. The van der Waals surface area contributed by atoms with Crippen molar-refractivity contribution in [1.82, 2.24) is 47.1 Å². The summed E-state index contributed by atoms with van der Waals surface area (Å²) in [5.74, 6) is -7.56. The van der Waals surface area contributed by atoms with E-state index in [1.165, 1.54) is 11.8 Å². The number of carboxylic acid groups (broad SMARTS) is 1. The topological polar surface area (TPSA) is 414 Å². The van der Waals surface area contributed by atoms with Crippen LogP contribution in [0.1, 0.15) is 77.7 Å². The second-order valence-electron chi connectivity index (χ2n) is 17.3. The van der Waals surface area contributed by atoms with E-state index in [9.17, 15) is 53.4 Å². The molecule has 0 spiro atoms. The van der Waals surface area contributed by atoms with Crippen molar-refractivity contribution in [3.63, 3.8) is 0 Å². The first-order valence-electron chi connectivity index (χ1n) is 23.0. The number of carboxylic acids is 1. The Morgan fingerprint density at radius 3 is 1.99 bits per heavy atom. The number of hydrogen-bond donors (Lipinski definition) is 14. The molecule has 0 bridgehead atoms. The minimum absolute atomic E-state index is 0.0195. The Labute approximate surface area is 399 Å². The first kappa shape index (κ1) is 56.5. The second-order valence-corrected chi connectivity index (χ2v) is 17.3. The van der Waals surface area contributed by atoms with E-state index in [1.807, 2.05) is 18.2 Å². The number of carbonyl (C=O) groups excluding carboxylic acids is 8. The Morgan fingerprint density at radius 1 is 0.768 bits per heavy atom. The van der Waals surface area contributed by atoms with Crippen molar-refractivity contribution >= 4 is 70.1 Å². The number of benzene rings is 1. The summed E-state index contributed by atoms with van der Waals surface area (Å²) in [6.07, 6.45) is 3.67. The number of para-hydroxylation sites is 1. The lowest BCUT2D eigenvalue weighted by Gasteiger charge is -2.26. The van der Waals surface area contributed by atoms with Crippen molar-refractivity contribution in [2.24, 2.45) is 33.8 Å². The fourth-order valence-corrected chi connectivity index (χ4v) is 7.53. The molecule has 1 aromatic heterocycles. The van der Waals surface area contributed by atoms with Gasteiger partial charge in [-0.05, 0) is 82.4 Å². The number of H-pyrrole nitrogens is 1. The molecule has 25 nitrogen and oxygen atoms in total. The molecule has 1 aliphatic rings. The average Bonchev–Trinajstić information content (AvgIpc) is 3.97. The third-order valence-electron chi connectivity index (χ3n) is 11.2. The minimum Gasteiger partial charge on any atom is -0.480 e. The Hall–Kier alpha value is -6.86. The van der Waals surface area contributed by atoms with E-state index in [2.05, 4.69) is 47.2 Å². The fourth-order valence-electron chi connectivity index (χ4n) is 7.53. The summed E-state index contributed by atoms with van der Waals surface area (Å²) in [5.41, 5.74) is 23.8. The molecule has 0 unspecified atom stereocenters. The lowest BCUT2D eigenvalue weighted by molar-refractivity contribution is -0.148. The normalized spacial score (nSPS) is 15.9. The molecule has 0 radical (unpaired) electrons. The van der Waals surface area contributed by atoms with Gasteiger partial charge in [0.15, 0.2) is 5.96 Å². The van der Waals surface area contributed by atoms with Crippen LogP contribution in [0.2, 0.25) is 0 Å². The van der Waals surface area contributed by atoms with E-state index in [1.54, 1.807) is 26.1 Å². The van der Waals surface area contributed by atoms with Gasteiger partial charge in [0.1, 0.15) is 36.3 Å². The van der Waals surface area contributed by atoms with E-state index in [4.69, 9.17) is 22.9 Å². The zero-order valence-corrected chi connectivity index (χ0v) is 39.4. The third kappa shape index (κ3) is 18.6. The predicted octanol–water partition coefficient (Wildman–Crippen LogP) is -3.99. The molecule has 1 saturated heterocycles. The van der Waals surface area contributed by atoms with Gasteiger partial charge in [0.05, 0.1) is 25.7 Å². The molecule has 1 fully saturated rings. The molecule has 25 heteroatoms. The van der Waals surface area contributed by atoms with E-state index < -0.39 is 115 Å². The van der Waals surface area contributed by atoms with Gasteiger partial charge in [0.25, 0.3) is 0 Å². The quantitative estimate of drug-likeness (QED) is 0.0210. The van der Waals surface area contributed by atoms with Crippen molar-refractivity contribution in [1.29, 1.82) is 0 Å². The molecule has 69 heavy (non-hydrogen) atoms. The van der Waals surface area contributed by atoms with Gasteiger partial charge in [-0.2, -0.15) is 0 Å². The number of aromatic amines is 1. The van der Waals surface area contributed by atoms with Crippen LogP contribution >= 0.6 is 0 Å². The van der Waals surface area contributed by atoms with E-state index in [-0.39, 0.29) is 63.6 Å². The number of aliphatic hydroxyl groups excluding tert-OH is 1. The zero-order valence-electron chi connectivity index (χ0n) is 39.4. The van der Waals surface area contributed by atoms with Crippen LogP contribution in [0.3, 0.4) is 0 Å². The summed E-state index contributed by atoms with van der Waals surface area (Å²) in [6.45, 7) is 3.54. The number of rotatable bonds is 29. The first-order chi connectivity index (χ1) is 32.7. The highest BCUT2D eigenvalue weighted by atomic mass is 16.4. The van der Waals surface area contributed by atoms with Gasteiger partial charge in [-0.25, -0.2) is 4.79 Å². The van der Waals surface area contributed by atoms with Gasteiger partial charge < -0.3 is 80.2 Å². The molecule has 0 saturated carbocycles. The van der Waals surface area contributed by atoms with Crippen LogP contribution in [0.4, 0.5) is 0 Å². The van der Waals surface area contributed by atoms with Crippen LogP contribution in [-0.2, 0) is 49.6 Å². The molecular formula is C44H70N14O11. The number of guanidine groups is 1. The second kappa shape index (κ2) is 28.5. The van der Waals surface area contributed by atoms with Crippen molar-refractivity contribution < 1.29 is 53.4 Å². The molecule has 18 N–H and O–H groups in total. The summed E-state index contributed by atoms with van der Waals surface area (Å²) in [7, 11) is 0. The van der Waals surface area contributed by atoms with Gasteiger partial charge in [-0.1, -0.05) is 32.0 Å². The molecule has 2 aromatic rings. The Balaban J connectivity index is 1.75. The van der Waals surface area contributed by atoms with E-state index in [0.29, 0.717) is 31.2 Å². The van der Waals surface area contributed by atoms with Crippen molar-refractivity contribution in [2.75, 3.05) is 39.3 Å². The largest absolute Gasteiger partial charge is 0.480 e. The monoisotopic (exact) mass is 971 g/mol. The van der Waals surface area contributed by atoms with Crippen molar-refractivity contribution in [2.45, 2.75) is 121 Å². The standard InChI is InChI=1S/C44H70N14O11/c1-24(2)18-31(38(63)52-22-36(61)58-17-9-14-34(58)43(68)69)53-35(60)21-51-39(64)33(23-59)57-41(66)29(12-6-7-15-45)55-42(67)32(19-26-20-50-28-11-5-4-10-27(26)28)56-40(65)30(54-37(62)25(3)46)13-8-16-49-44(47)48/h4-5,10-11,20,24-25,29-34,50,59H,6-9,12-19,21-23,45-46H2,1-3H3,(H,51,64)(H,52,63)(H,53,60)(H,54,62)(H,55,67)(H,56,65)(H,57,66)(H,68,69)(H4,47,48,49)/t25-,29-,30-,31-,32-,33-,34-/m0/s1. The SMILES string of the molecule is CC(C)C[C@H](NC(=O)CNC(=O)[C@H](CO)NC(=O)[C@H](CCCCN)NC(=O)[C@H](Cc1c[nH]c2ccccc12)NC(=O)[C@H](CCCN=C(N)N)NC(=O)[C@H](C)N)C(=O)NCC(=O)N1CCC[C@H]1C(=O)O. The number of aliphatic imine (C=N–C) groups is 1. The van der Waals surface area contributed by atoms with Crippen molar-refractivity contribution in [3.8, 4) is 0 Å². The summed E-state index contributed by atoms with van der Waals surface area (Å²) < 4.78 is 0. The number of nitrogens with zero attached hydrogens (tertiary/aromatic N) is 2. The number of fused-ring (bicyclic) bond motifs is 1. The third-order valence-corrected chi connectivity index (χ3v) is 11.2. The molecule has 8 amide bonds. The Bertz CT molecular complexity index is 2130. The molecule has 0 aliphatic carbocycles. The summed E-state index contributed by atoms with van der Waals surface area (Å²) in [6, 6.07) is -1.29. The van der Waals surface area contributed by atoms with Gasteiger partial charge in [-0.15, -0.1) is 0 Å². The maximum Gasteiger partial charge on any atom is 0.326 e. The first-order valence-corrected chi connectivity index (χ1v) is 23.0. The molecule has 382 valence electrons. The smallest absolute Gasteiger partial charge is 0.326 e. The van der Waals surface area contributed by atoms with Crippen LogP contribution < -0.4 is 60.2 Å². The number of nitrogens with two attached hydrogens (primary N) is 4. The molecule has 3 rings (SSSR count). The van der Waals surface area contributed by atoms with Gasteiger partial charge >= 0.3 is 5.97 Å². The number of carbonyl (C=O) groups is 9. The van der Waals surface area contributed by atoms with E-state index in [0.717, 1.165) is 10.9 Å². The number of amides is 8. The molecule has 1 aliphatic heterocycles. The van der Waals surface area contributed by atoms with Crippen molar-refractivity contribution in [3.05, 3.63) is 36.0 Å². The van der Waals surface area contributed by atoms with E-state index >= 15 is 0 Å². The highest BCUT2D eigenvalue weighted by molar-refractivity contribution is 5.97. The molecular weight excluding hydrogens is 901 g/mol. The molecule has 1 aromatic carbocycles. The molecule has 7 atom stereocenters. The van der Waals surface area contributed by atoms with Crippen LogP contribution in [0, 0.1) is 5.92 Å². The summed E-state index contributed by atoms with van der Waals surface area (Å²) in [4.78, 5) is 127. The number of aliphatic carboxylic acids is 1. The Morgan fingerprint density at radius 2 is 1.36 bits per heavy atom. The van der Waals surface area contributed by atoms with Crippen LogP contribution in [0.15, 0.2) is 35.5 Å². The van der Waals surface area contributed by atoms with Crippen LogP contribution in [0.5, 0.6) is 0 Å². The summed E-state index contributed by atoms with van der Waals surface area (Å²) in [5, 5.41) is 38.1. The highest BCUT2D eigenvalue weighted by Gasteiger charge is 2.35. The van der Waals surface area contributed by atoms with Crippen LogP contribution in [-0.4, -0.2) is 161 Å². The highest BCUT2D eigenvalue weighted by Crippen LogP contribution is 2.20. The number of unbranched alkanes of at least 4 members (excludes halogenated alkanes) is 1. The summed E-state index contributed by atoms with van der Waals surface area (Å²) >= 11 is 0. The van der Waals surface area contributed by atoms with Gasteiger partial charge in [0, 0.05) is 36.6 Å². The number of aliphatic hydroxyl groups is 1. The maximum atomic E-state index is 14.3. The average molecular weight is 971 g/mol. The maximum absolute atomic E-state index is 14.3. The lowest BCUT2D eigenvalue weighted by Crippen LogP contribution is -2.59. The van der Waals surface area contributed by atoms with Gasteiger partial charge in [0.2, 0.25) is 47.3 Å². The number of hydrogen-bond acceptors (Lipinski definition) is 13. The lowest BCUT2D eigenvalue weighted by atomic mass is 10.0. The number of aromatic nitrogens is 1. The van der Waals surface area contributed by atoms with Crippen LogP contribution in [0.25, 0.3) is 10.9 Å². The number of nitrogens with one attached hydrogen (secondary N) is 8. The Kier molecular flexibility index (Phi) is 23.3. The minimum atomic E-state index is -1.62. The number of likely N-dealkylation sites (tertiary alicyclic amines) is 1. The zero-order chi connectivity index (χ0) is 51.2. The van der Waals surface area contributed by atoms with Gasteiger partial charge in [-0.3, -0.25) is 43.3 Å². The molecule has 2 heterocycles. The predicted molar refractivity (Wildman–Crippen MR) is 253 cm³/mol.